The van der Waals surface area contributed by atoms with E-state index in [1.54, 1.807) is 20.9 Å². The Labute approximate surface area is 120 Å². The Kier molecular flexibility index (Phi) is 5.80. The Morgan fingerprint density at radius 2 is 1.90 bits per heavy atom. The van der Waals surface area contributed by atoms with Crippen molar-refractivity contribution >= 4 is 12.0 Å². The number of aliphatic hydroxyl groups excluding tert-OH is 1. The topological polar surface area (TPSA) is 89.9 Å². The molecule has 0 saturated heterocycles. The van der Waals surface area contributed by atoms with Gasteiger partial charge in [-0.1, -0.05) is 12.8 Å². The van der Waals surface area contributed by atoms with Gasteiger partial charge in [0.05, 0.1) is 18.1 Å². The monoisotopic (exact) mass is 286 g/mol. The van der Waals surface area contributed by atoms with E-state index in [0.29, 0.717) is 13.0 Å². The Balaban J connectivity index is 2.53. The number of hydrogen-bond acceptors (Lipinski definition) is 3. The van der Waals surface area contributed by atoms with E-state index in [0.717, 1.165) is 19.3 Å². The molecule has 0 aromatic carbocycles. The zero-order valence-corrected chi connectivity index (χ0v) is 12.6. The third kappa shape index (κ3) is 4.10. The first-order valence-electron chi connectivity index (χ1n) is 7.15. The molecule has 6 nitrogen and oxygen atoms in total. The molecule has 1 aliphatic rings. The van der Waals surface area contributed by atoms with E-state index in [-0.39, 0.29) is 24.5 Å². The van der Waals surface area contributed by atoms with Crippen LogP contribution in [0.3, 0.4) is 0 Å². The maximum Gasteiger partial charge on any atom is 0.317 e. The molecule has 20 heavy (non-hydrogen) atoms. The lowest BCUT2D eigenvalue weighted by Gasteiger charge is -2.35. The molecule has 2 unspecified atom stereocenters. The Morgan fingerprint density at radius 1 is 1.30 bits per heavy atom. The Bertz CT molecular complexity index is 357. The second kappa shape index (κ2) is 6.92. The van der Waals surface area contributed by atoms with Crippen molar-refractivity contribution in [1.82, 2.24) is 10.2 Å². The molecule has 0 spiro atoms. The van der Waals surface area contributed by atoms with Gasteiger partial charge in [0.2, 0.25) is 0 Å². The molecular formula is C14H26N2O4. The van der Waals surface area contributed by atoms with Gasteiger partial charge in [-0.15, -0.1) is 0 Å². The summed E-state index contributed by atoms with van der Waals surface area (Å²) in [7, 11) is 1.63. The second-order valence-electron chi connectivity index (χ2n) is 6.20. The summed E-state index contributed by atoms with van der Waals surface area (Å²) in [6.45, 7) is 3.79. The van der Waals surface area contributed by atoms with Crippen molar-refractivity contribution in [2.75, 3.05) is 20.2 Å². The van der Waals surface area contributed by atoms with Crippen molar-refractivity contribution in [1.29, 1.82) is 0 Å². The minimum atomic E-state index is -0.770. The number of rotatable bonds is 5. The van der Waals surface area contributed by atoms with Gasteiger partial charge in [-0.3, -0.25) is 4.79 Å². The summed E-state index contributed by atoms with van der Waals surface area (Å²) >= 11 is 0. The molecule has 2 amide bonds. The van der Waals surface area contributed by atoms with Crippen molar-refractivity contribution < 1.29 is 19.8 Å². The third-order valence-electron chi connectivity index (χ3n) is 4.34. The number of carbonyl (C=O) groups excluding carboxylic acids is 1. The highest BCUT2D eigenvalue weighted by molar-refractivity contribution is 5.75. The standard InChI is InChI=1S/C14H26N2O4/c1-14(2,9-17)16(3)13(20)15-8-10-6-4-5-7-11(10)12(18)19/h10-11,17H,4-9H2,1-3H3,(H,15,20)(H,18,19). The molecule has 0 heterocycles. The number of carboxylic acids is 1. The number of carboxylic acid groups (broad SMARTS) is 1. The average molecular weight is 286 g/mol. The summed E-state index contributed by atoms with van der Waals surface area (Å²) in [6, 6.07) is -0.279. The zero-order chi connectivity index (χ0) is 15.3. The highest BCUT2D eigenvalue weighted by Gasteiger charge is 2.32. The molecular weight excluding hydrogens is 260 g/mol. The molecule has 0 aromatic rings. The quantitative estimate of drug-likeness (QED) is 0.710. The van der Waals surface area contributed by atoms with Crippen molar-refractivity contribution in [3.63, 3.8) is 0 Å². The maximum absolute atomic E-state index is 12.0. The predicted molar refractivity (Wildman–Crippen MR) is 75.4 cm³/mol. The van der Waals surface area contributed by atoms with Gasteiger partial charge in [0.15, 0.2) is 0 Å². The highest BCUT2D eigenvalue weighted by atomic mass is 16.4. The highest BCUT2D eigenvalue weighted by Crippen LogP contribution is 2.29. The summed E-state index contributed by atoms with van der Waals surface area (Å²) in [5, 5.41) is 21.2. The molecule has 1 fully saturated rings. The van der Waals surface area contributed by atoms with E-state index in [4.69, 9.17) is 0 Å². The zero-order valence-electron chi connectivity index (χ0n) is 12.6. The average Bonchev–Trinajstić information content (AvgIpc) is 2.43. The number of likely N-dealkylation sites (N-methyl/N-ethyl adjacent to an activating group) is 1. The molecule has 6 heteroatoms. The molecule has 3 N–H and O–H groups in total. The van der Waals surface area contributed by atoms with E-state index >= 15 is 0 Å². The molecule has 2 atom stereocenters. The van der Waals surface area contributed by atoms with Gasteiger partial charge >= 0.3 is 12.0 Å². The predicted octanol–water partition coefficient (Wildman–Crippen LogP) is 1.29. The van der Waals surface area contributed by atoms with Crippen LogP contribution in [0.2, 0.25) is 0 Å². The van der Waals surface area contributed by atoms with Crippen LogP contribution in [0.4, 0.5) is 4.79 Å². The Hall–Kier alpha value is -1.30. The normalized spacial score (nSPS) is 23.2. The van der Waals surface area contributed by atoms with E-state index in [9.17, 15) is 19.8 Å². The van der Waals surface area contributed by atoms with E-state index in [2.05, 4.69) is 5.32 Å². The maximum atomic E-state index is 12.0. The van der Waals surface area contributed by atoms with Gasteiger partial charge in [-0.05, 0) is 32.6 Å². The molecule has 1 rings (SSSR count). The smallest absolute Gasteiger partial charge is 0.317 e. The van der Waals surface area contributed by atoms with Crippen LogP contribution < -0.4 is 5.32 Å². The summed E-state index contributed by atoms with van der Waals surface area (Å²) in [5.41, 5.74) is -0.636. The molecule has 0 aliphatic heterocycles. The van der Waals surface area contributed by atoms with Crippen LogP contribution in [0.5, 0.6) is 0 Å². The number of aliphatic hydroxyl groups is 1. The number of urea groups is 1. The summed E-state index contributed by atoms with van der Waals surface area (Å²) in [4.78, 5) is 24.7. The lowest BCUT2D eigenvalue weighted by molar-refractivity contribution is -0.144. The van der Waals surface area contributed by atoms with Gasteiger partial charge in [-0.2, -0.15) is 0 Å². The summed E-state index contributed by atoms with van der Waals surface area (Å²) in [6.07, 6.45) is 3.49. The molecule has 116 valence electrons. The van der Waals surface area contributed by atoms with E-state index in [1.807, 2.05) is 0 Å². The number of amides is 2. The largest absolute Gasteiger partial charge is 0.481 e. The first-order valence-corrected chi connectivity index (χ1v) is 7.15. The fourth-order valence-electron chi connectivity index (χ4n) is 2.50. The minimum absolute atomic E-state index is 0.00385. The van der Waals surface area contributed by atoms with Gasteiger partial charge in [-0.25, -0.2) is 4.79 Å². The fraction of sp³-hybridized carbons (Fsp3) is 0.857. The van der Waals surface area contributed by atoms with E-state index in [1.165, 1.54) is 4.90 Å². The molecule has 1 saturated carbocycles. The van der Waals surface area contributed by atoms with Crippen LogP contribution in [-0.2, 0) is 4.79 Å². The number of nitrogens with one attached hydrogen (secondary N) is 1. The van der Waals surface area contributed by atoms with Crippen molar-refractivity contribution in [2.24, 2.45) is 11.8 Å². The minimum Gasteiger partial charge on any atom is -0.481 e. The van der Waals surface area contributed by atoms with Crippen molar-refractivity contribution in [2.45, 2.75) is 45.1 Å². The van der Waals surface area contributed by atoms with Gasteiger partial charge < -0.3 is 20.4 Å². The van der Waals surface area contributed by atoms with Crippen LogP contribution in [0.25, 0.3) is 0 Å². The van der Waals surface area contributed by atoms with Gasteiger partial charge in [0.1, 0.15) is 0 Å². The van der Waals surface area contributed by atoms with Crippen LogP contribution in [0.15, 0.2) is 0 Å². The van der Waals surface area contributed by atoms with Crippen LogP contribution in [0.1, 0.15) is 39.5 Å². The number of nitrogens with zero attached hydrogens (tertiary/aromatic N) is 1. The molecule has 1 aliphatic carbocycles. The summed E-state index contributed by atoms with van der Waals surface area (Å²) in [5.74, 6) is -1.14. The fourth-order valence-corrected chi connectivity index (χ4v) is 2.50. The molecule has 0 bridgehead atoms. The number of aliphatic carboxylic acids is 1. The third-order valence-corrected chi connectivity index (χ3v) is 4.34. The van der Waals surface area contributed by atoms with Gasteiger partial charge in [0.25, 0.3) is 0 Å². The first kappa shape index (κ1) is 16.8. The van der Waals surface area contributed by atoms with Crippen LogP contribution in [0, 0.1) is 11.8 Å². The lowest BCUT2D eigenvalue weighted by atomic mass is 9.79. The van der Waals surface area contributed by atoms with Crippen LogP contribution >= 0.6 is 0 Å². The molecule has 0 aromatic heterocycles. The SMILES string of the molecule is CN(C(=O)NCC1CCCCC1C(=O)O)C(C)(C)CO. The number of hydrogen-bond donors (Lipinski definition) is 3. The Morgan fingerprint density at radius 3 is 2.45 bits per heavy atom. The first-order chi connectivity index (χ1) is 9.29. The van der Waals surface area contributed by atoms with E-state index < -0.39 is 11.5 Å². The van der Waals surface area contributed by atoms with Crippen molar-refractivity contribution in [3.8, 4) is 0 Å². The lowest BCUT2D eigenvalue weighted by Crippen LogP contribution is -2.52. The number of carbonyl (C=O) groups is 2. The molecule has 0 radical (unpaired) electrons. The summed E-state index contributed by atoms with van der Waals surface area (Å²) < 4.78 is 0. The second-order valence-corrected chi connectivity index (χ2v) is 6.20. The van der Waals surface area contributed by atoms with Crippen molar-refractivity contribution in [3.05, 3.63) is 0 Å². The van der Waals surface area contributed by atoms with Gasteiger partial charge in [0, 0.05) is 13.6 Å². The van der Waals surface area contributed by atoms with Crippen LogP contribution in [-0.4, -0.2) is 52.9 Å².